The van der Waals surface area contributed by atoms with E-state index < -0.39 is 0 Å². The van der Waals surface area contributed by atoms with Crippen molar-refractivity contribution in [2.45, 2.75) is 13.2 Å². The lowest BCUT2D eigenvalue weighted by Gasteiger charge is -2.08. The molecule has 0 radical (unpaired) electrons. The fourth-order valence-electron chi connectivity index (χ4n) is 2.17. The summed E-state index contributed by atoms with van der Waals surface area (Å²) < 4.78 is 10.1. The fourth-order valence-corrected chi connectivity index (χ4v) is 2.17. The average Bonchev–Trinajstić information content (AvgIpc) is 2.87. The van der Waals surface area contributed by atoms with Gasteiger partial charge < -0.3 is 14.8 Å². The van der Waals surface area contributed by atoms with Crippen molar-refractivity contribution in [1.29, 1.82) is 0 Å². The first-order valence-electron chi connectivity index (χ1n) is 6.43. The van der Waals surface area contributed by atoms with Gasteiger partial charge in [0.2, 0.25) is 0 Å². The number of esters is 1. The Morgan fingerprint density at radius 3 is 2.75 bits per heavy atom. The Morgan fingerprint density at radius 2 is 2.00 bits per heavy atom. The van der Waals surface area contributed by atoms with Gasteiger partial charge in [-0.2, -0.15) is 0 Å². The first kappa shape index (κ1) is 12.5. The summed E-state index contributed by atoms with van der Waals surface area (Å²) in [7, 11) is 1.65. The number of carbonyl (C=O) groups is 1. The number of rotatable bonds is 4. The Balaban J connectivity index is 1.69. The average molecular weight is 269 g/mol. The third-order valence-corrected chi connectivity index (χ3v) is 3.34. The number of ether oxygens (including phenoxy) is 2. The number of carbonyl (C=O) groups excluding carboxylic acids is 1. The molecule has 4 heteroatoms. The molecule has 20 heavy (non-hydrogen) atoms. The zero-order valence-electron chi connectivity index (χ0n) is 11.2. The van der Waals surface area contributed by atoms with Gasteiger partial charge in [0, 0.05) is 17.8 Å². The molecule has 1 aliphatic rings. The maximum atomic E-state index is 11.5. The Labute approximate surface area is 117 Å². The molecule has 1 aliphatic heterocycles. The van der Waals surface area contributed by atoms with E-state index in [2.05, 4.69) is 5.32 Å². The van der Waals surface area contributed by atoms with E-state index in [9.17, 15) is 4.79 Å². The van der Waals surface area contributed by atoms with Crippen LogP contribution in [-0.2, 0) is 17.9 Å². The van der Waals surface area contributed by atoms with E-state index in [-0.39, 0.29) is 5.97 Å². The van der Waals surface area contributed by atoms with Crippen molar-refractivity contribution in [2.24, 2.45) is 0 Å². The minimum absolute atomic E-state index is 0.243. The van der Waals surface area contributed by atoms with Gasteiger partial charge in [-0.1, -0.05) is 18.2 Å². The van der Waals surface area contributed by atoms with Gasteiger partial charge in [-0.15, -0.1) is 0 Å². The first-order valence-corrected chi connectivity index (χ1v) is 6.43. The normalized spacial score (nSPS) is 12.8. The molecule has 0 saturated heterocycles. The number of hydrogen-bond donors (Lipinski definition) is 1. The standard InChI is InChI=1S/C16H15NO3/c1-19-14-6-2-11(3-7-14)9-17-13-5-4-12-10-20-16(18)15(12)8-13/h2-8,17H,9-10H2,1H3. The molecule has 0 unspecified atom stereocenters. The lowest BCUT2D eigenvalue weighted by molar-refractivity contribution is 0.0535. The van der Waals surface area contributed by atoms with E-state index in [1.54, 1.807) is 7.11 Å². The van der Waals surface area contributed by atoms with Gasteiger partial charge in [-0.25, -0.2) is 4.79 Å². The Hall–Kier alpha value is -2.49. The number of nitrogens with one attached hydrogen (secondary N) is 1. The zero-order valence-corrected chi connectivity index (χ0v) is 11.2. The molecule has 102 valence electrons. The molecule has 0 saturated carbocycles. The van der Waals surface area contributed by atoms with Crippen molar-refractivity contribution in [2.75, 3.05) is 12.4 Å². The predicted molar refractivity (Wildman–Crippen MR) is 75.9 cm³/mol. The molecule has 0 atom stereocenters. The highest BCUT2D eigenvalue weighted by atomic mass is 16.5. The summed E-state index contributed by atoms with van der Waals surface area (Å²) in [6.45, 7) is 1.07. The zero-order chi connectivity index (χ0) is 13.9. The van der Waals surface area contributed by atoms with Gasteiger partial charge in [0.15, 0.2) is 0 Å². The van der Waals surface area contributed by atoms with Crippen LogP contribution < -0.4 is 10.1 Å². The van der Waals surface area contributed by atoms with E-state index >= 15 is 0 Å². The number of benzene rings is 2. The minimum atomic E-state index is -0.243. The molecule has 0 fully saturated rings. The first-order chi connectivity index (χ1) is 9.76. The van der Waals surface area contributed by atoms with Crippen LogP contribution in [0.15, 0.2) is 42.5 Å². The molecule has 4 nitrogen and oxygen atoms in total. The Kier molecular flexibility index (Phi) is 3.29. The molecular formula is C16H15NO3. The summed E-state index contributed by atoms with van der Waals surface area (Å²) in [5, 5.41) is 3.30. The third-order valence-electron chi connectivity index (χ3n) is 3.34. The molecule has 2 aromatic rings. The van der Waals surface area contributed by atoms with Crippen molar-refractivity contribution < 1.29 is 14.3 Å². The van der Waals surface area contributed by atoms with Crippen LogP contribution in [0.5, 0.6) is 5.75 Å². The highest BCUT2D eigenvalue weighted by Crippen LogP contribution is 2.23. The number of cyclic esters (lactones) is 1. The van der Waals surface area contributed by atoms with Crippen molar-refractivity contribution in [3.05, 3.63) is 59.2 Å². The van der Waals surface area contributed by atoms with Crippen molar-refractivity contribution in [3.63, 3.8) is 0 Å². The van der Waals surface area contributed by atoms with Crippen LogP contribution in [0.2, 0.25) is 0 Å². The second-order valence-corrected chi connectivity index (χ2v) is 4.65. The van der Waals surface area contributed by atoms with Gasteiger partial charge in [-0.05, 0) is 29.8 Å². The SMILES string of the molecule is COc1ccc(CNc2ccc3c(c2)C(=O)OC3)cc1. The highest BCUT2D eigenvalue weighted by Gasteiger charge is 2.20. The van der Waals surface area contributed by atoms with Gasteiger partial charge >= 0.3 is 5.97 Å². The summed E-state index contributed by atoms with van der Waals surface area (Å²) in [5.41, 5.74) is 3.67. The Bertz CT molecular complexity index is 635. The van der Waals surface area contributed by atoms with Crippen molar-refractivity contribution in [1.82, 2.24) is 0 Å². The summed E-state index contributed by atoms with van der Waals surface area (Å²) in [6.07, 6.45) is 0. The quantitative estimate of drug-likeness (QED) is 0.867. The molecule has 1 N–H and O–H groups in total. The molecule has 3 rings (SSSR count). The summed E-state index contributed by atoms with van der Waals surface area (Å²) in [4.78, 5) is 11.5. The van der Waals surface area contributed by atoms with Crippen LogP contribution in [0, 0.1) is 0 Å². The van der Waals surface area contributed by atoms with E-state index in [0.29, 0.717) is 18.7 Å². The topological polar surface area (TPSA) is 47.6 Å². The Morgan fingerprint density at radius 1 is 1.20 bits per heavy atom. The van der Waals surface area contributed by atoms with E-state index in [0.717, 1.165) is 22.6 Å². The second-order valence-electron chi connectivity index (χ2n) is 4.65. The molecule has 2 aromatic carbocycles. The van der Waals surface area contributed by atoms with Crippen LogP contribution in [-0.4, -0.2) is 13.1 Å². The summed E-state index contributed by atoms with van der Waals surface area (Å²) in [5.74, 6) is 0.599. The van der Waals surface area contributed by atoms with Gasteiger partial charge in [0.05, 0.1) is 12.7 Å². The predicted octanol–water partition coefficient (Wildman–Crippen LogP) is 2.98. The largest absolute Gasteiger partial charge is 0.497 e. The molecule has 0 spiro atoms. The lowest BCUT2D eigenvalue weighted by atomic mass is 10.1. The maximum Gasteiger partial charge on any atom is 0.338 e. The molecule has 0 aliphatic carbocycles. The number of hydrogen-bond acceptors (Lipinski definition) is 4. The highest BCUT2D eigenvalue weighted by molar-refractivity contribution is 5.94. The van der Waals surface area contributed by atoms with E-state index in [1.165, 1.54) is 0 Å². The third kappa shape index (κ3) is 2.45. The van der Waals surface area contributed by atoms with Crippen LogP contribution >= 0.6 is 0 Å². The van der Waals surface area contributed by atoms with Crippen molar-refractivity contribution >= 4 is 11.7 Å². The second kappa shape index (κ2) is 5.25. The van der Waals surface area contributed by atoms with E-state index in [1.807, 2.05) is 42.5 Å². The van der Waals surface area contributed by atoms with Crippen LogP contribution in [0.1, 0.15) is 21.5 Å². The van der Waals surface area contributed by atoms with Gasteiger partial charge in [0.1, 0.15) is 12.4 Å². The molecule has 0 aromatic heterocycles. The summed E-state index contributed by atoms with van der Waals surface area (Å²) >= 11 is 0. The molecule has 0 amide bonds. The van der Waals surface area contributed by atoms with E-state index in [4.69, 9.17) is 9.47 Å². The van der Waals surface area contributed by atoms with Crippen LogP contribution in [0.4, 0.5) is 5.69 Å². The smallest absolute Gasteiger partial charge is 0.338 e. The molecule has 0 bridgehead atoms. The minimum Gasteiger partial charge on any atom is -0.497 e. The lowest BCUT2D eigenvalue weighted by Crippen LogP contribution is -2.01. The van der Waals surface area contributed by atoms with Crippen LogP contribution in [0.3, 0.4) is 0 Å². The maximum absolute atomic E-state index is 11.5. The fraction of sp³-hybridized carbons (Fsp3) is 0.188. The number of fused-ring (bicyclic) bond motifs is 1. The van der Waals surface area contributed by atoms with Gasteiger partial charge in [-0.3, -0.25) is 0 Å². The van der Waals surface area contributed by atoms with Crippen LogP contribution in [0.25, 0.3) is 0 Å². The number of methoxy groups -OCH3 is 1. The molecule has 1 heterocycles. The molecular weight excluding hydrogens is 254 g/mol. The summed E-state index contributed by atoms with van der Waals surface area (Å²) in [6, 6.07) is 13.6. The van der Waals surface area contributed by atoms with Gasteiger partial charge in [0.25, 0.3) is 0 Å². The van der Waals surface area contributed by atoms with Crippen molar-refractivity contribution in [3.8, 4) is 5.75 Å². The number of anilines is 1. The monoisotopic (exact) mass is 269 g/mol.